The molecule has 0 amide bonds. The van der Waals surface area contributed by atoms with Gasteiger partial charge in [0.05, 0.1) is 6.04 Å². The van der Waals surface area contributed by atoms with Gasteiger partial charge in [-0.1, -0.05) is 5.16 Å². The lowest BCUT2D eigenvalue weighted by atomic mass is 10.0. The molecule has 5 heteroatoms. The van der Waals surface area contributed by atoms with Gasteiger partial charge in [0, 0.05) is 5.92 Å². The van der Waals surface area contributed by atoms with Gasteiger partial charge in [0.2, 0.25) is 5.89 Å². The fraction of sp³-hybridized carbons (Fsp3) is 0.778. The molecule has 2 heterocycles. The van der Waals surface area contributed by atoms with Gasteiger partial charge in [0.25, 0.3) is 0 Å². The van der Waals surface area contributed by atoms with Gasteiger partial charge in [-0.25, -0.2) is 0 Å². The van der Waals surface area contributed by atoms with Crippen LogP contribution in [0.25, 0.3) is 0 Å². The van der Waals surface area contributed by atoms with Crippen LogP contribution in [0.5, 0.6) is 0 Å². The monoisotopic (exact) mass is 213 g/mol. The number of thioether (sulfide) groups is 1. The Balaban J connectivity index is 2.07. The minimum atomic E-state index is -0.158. The van der Waals surface area contributed by atoms with Crippen molar-refractivity contribution in [2.45, 2.75) is 31.7 Å². The molecule has 1 aliphatic rings. The van der Waals surface area contributed by atoms with Crippen molar-refractivity contribution in [1.29, 1.82) is 0 Å². The average Bonchev–Trinajstić information content (AvgIpc) is 2.68. The van der Waals surface area contributed by atoms with E-state index in [1.807, 2.05) is 18.7 Å². The van der Waals surface area contributed by atoms with Crippen LogP contribution >= 0.6 is 11.8 Å². The van der Waals surface area contributed by atoms with E-state index in [0.29, 0.717) is 11.8 Å². The van der Waals surface area contributed by atoms with Gasteiger partial charge in [0.1, 0.15) is 0 Å². The van der Waals surface area contributed by atoms with Crippen molar-refractivity contribution in [3.63, 3.8) is 0 Å². The van der Waals surface area contributed by atoms with Gasteiger partial charge in [0.15, 0.2) is 5.82 Å². The highest BCUT2D eigenvalue weighted by atomic mass is 32.2. The summed E-state index contributed by atoms with van der Waals surface area (Å²) >= 11 is 2.00. The number of hydrogen-bond donors (Lipinski definition) is 1. The first-order chi connectivity index (χ1) is 6.77. The summed E-state index contributed by atoms with van der Waals surface area (Å²) in [6, 6.07) is -0.158. The number of nitrogens with two attached hydrogens (primary N) is 1. The van der Waals surface area contributed by atoms with Crippen LogP contribution in [0.3, 0.4) is 0 Å². The fourth-order valence-corrected chi connectivity index (χ4v) is 2.66. The molecule has 1 saturated heterocycles. The van der Waals surface area contributed by atoms with Crippen molar-refractivity contribution in [3.8, 4) is 0 Å². The smallest absolute Gasteiger partial charge is 0.243 e. The molecule has 2 N–H and O–H groups in total. The first-order valence-corrected chi connectivity index (χ1v) is 6.09. The molecule has 2 rings (SSSR count). The lowest BCUT2D eigenvalue weighted by Crippen LogP contribution is -2.10. The molecule has 1 aliphatic heterocycles. The molecule has 78 valence electrons. The van der Waals surface area contributed by atoms with Gasteiger partial charge < -0.3 is 10.3 Å². The third-order valence-electron chi connectivity index (χ3n) is 2.43. The third kappa shape index (κ3) is 2.09. The van der Waals surface area contributed by atoms with Crippen LogP contribution in [0, 0.1) is 0 Å². The average molecular weight is 213 g/mol. The van der Waals surface area contributed by atoms with E-state index in [2.05, 4.69) is 10.1 Å². The molecule has 0 spiro atoms. The van der Waals surface area contributed by atoms with Crippen molar-refractivity contribution >= 4 is 11.8 Å². The maximum atomic E-state index is 5.66. The van der Waals surface area contributed by atoms with Crippen molar-refractivity contribution in [3.05, 3.63) is 11.7 Å². The molecular formula is C9H15N3OS. The Hall–Kier alpha value is -0.550. The van der Waals surface area contributed by atoms with E-state index in [4.69, 9.17) is 10.3 Å². The van der Waals surface area contributed by atoms with Crippen molar-refractivity contribution in [1.82, 2.24) is 10.1 Å². The van der Waals surface area contributed by atoms with E-state index >= 15 is 0 Å². The summed E-state index contributed by atoms with van der Waals surface area (Å²) in [5, 5.41) is 3.99. The summed E-state index contributed by atoms with van der Waals surface area (Å²) in [6.45, 7) is 1.86. The second-order valence-corrected chi connectivity index (χ2v) is 4.89. The number of aromatic nitrogens is 2. The molecule has 4 nitrogen and oxygen atoms in total. The number of nitrogens with zero attached hydrogens (tertiary/aromatic N) is 2. The Kier molecular flexibility index (Phi) is 3.08. The maximum absolute atomic E-state index is 5.66. The lowest BCUT2D eigenvalue weighted by Gasteiger charge is -2.17. The van der Waals surface area contributed by atoms with E-state index in [9.17, 15) is 0 Å². The molecule has 1 aromatic rings. The van der Waals surface area contributed by atoms with E-state index in [0.717, 1.165) is 18.7 Å². The zero-order valence-corrected chi connectivity index (χ0v) is 9.09. The van der Waals surface area contributed by atoms with Crippen molar-refractivity contribution < 1.29 is 4.52 Å². The lowest BCUT2D eigenvalue weighted by molar-refractivity contribution is 0.353. The Bertz CT molecular complexity index is 294. The fourth-order valence-electron chi connectivity index (χ4n) is 1.55. The van der Waals surface area contributed by atoms with E-state index in [1.54, 1.807) is 0 Å². The van der Waals surface area contributed by atoms with E-state index < -0.39 is 0 Å². The minimum Gasteiger partial charge on any atom is -0.338 e. The second kappa shape index (κ2) is 4.31. The topological polar surface area (TPSA) is 64.9 Å². The van der Waals surface area contributed by atoms with Crippen molar-refractivity contribution in [2.75, 3.05) is 11.5 Å². The summed E-state index contributed by atoms with van der Waals surface area (Å²) in [6.07, 6.45) is 2.31. The van der Waals surface area contributed by atoms with Crippen LogP contribution in [0.2, 0.25) is 0 Å². The summed E-state index contributed by atoms with van der Waals surface area (Å²) in [7, 11) is 0. The van der Waals surface area contributed by atoms with Crippen LogP contribution < -0.4 is 5.73 Å². The van der Waals surface area contributed by atoms with Crippen molar-refractivity contribution in [2.24, 2.45) is 5.73 Å². The molecule has 1 atom stereocenters. The summed E-state index contributed by atoms with van der Waals surface area (Å²) in [5.74, 6) is 4.28. The summed E-state index contributed by atoms with van der Waals surface area (Å²) < 4.78 is 5.09. The van der Waals surface area contributed by atoms with Gasteiger partial charge in [-0.3, -0.25) is 0 Å². The van der Waals surface area contributed by atoms with Gasteiger partial charge in [-0.05, 0) is 31.3 Å². The molecule has 0 bridgehead atoms. The largest absolute Gasteiger partial charge is 0.338 e. The quantitative estimate of drug-likeness (QED) is 0.810. The Labute approximate surface area is 87.6 Å². The standard InChI is InChI=1S/C9H15N3OS/c1-6(10)9-11-8(12-13-9)7-2-4-14-5-3-7/h6-7H,2-5,10H2,1H3/t6-/m0/s1. The van der Waals surface area contributed by atoms with Crippen LogP contribution in [-0.4, -0.2) is 21.6 Å². The highest BCUT2D eigenvalue weighted by Crippen LogP contribution is 2.29. The molecule has 0 saturated carbocycles. The third-order valence-corrected chi connectivity index (χ3v) is 3.48. The highest BCUT2D eigenvalue weighted by molar-refractivity contribution is 7.99. The zero-order chi connectivity index (χ0) is 9.97. The predicted octanol–water partition coefficient (Wildman–Crippen LogP) is 1.70. The van der Waals surface area contributed by atoms with Crippen LogP contribution in [0.15, 0.2) is 4.52 Å². The second-order valence-electron chi connectivity index (χ2n) is 3.67. The number of hydrogen-bond acceptors (Lipinski definition) is 5. The molecule has 1 aromatic heterocycles. The Morgan fingerprint density at radius 2 is 2.21 bits per heavy atom. The molecule has 1 fully saturated rings. The zero-order valence-electron chi connectivity index (χ0n) is 8.27. The molecule has 0 aliphatic carbocycles. The van der Waals surface area contributed by atoms with Crippen LogP contribution in [0.4, 0.5) is 0 Å². The first-order valence-electron chi connectivity index (χ1n) is 4.94. The Morgan fingerprint density at radius 3 is 2.79 bits per heavy atom. The van der Waals surface area contributed by atoms with Crippen LogP contribution in [0.1, 0.15) is 43.4 Å². The Morgan fingerprint density at radius 1 is 1.50 bits per heavy atom. The van der Waals surface area contributed by atoms with E-state index in [-0.39, 0.29) is 6.04 Å². The van der Waals surface area contributed by atoms with E-state index in [1.165, 1.54) is 11.5 Å². The maximum Gasteiger partial charge on any atom is 0.243 e. The predicted molar refractivity (Wildman–Crippen MR) is 56.2 cm³/mol. The van der Waals surface area contributed by atoms with Gasteiger partial charge in [-0.15, -0.1) is 0 Å². The molecule has 0 radical (unpaired) electrons. The molecule has 0 unspecified atom stereocenters. The van der Waals surface area contributed by atoms with Gasteiger partial charge >= 0.3 is 0 Å². The molecule has 0 aromatic carbocycles. The molecular weight excluding hydrogens is 198 g/mol. The van der Waals surface area contributed by atoms with Gasteiger partial charge in [-0.2, -0.15) is 16.7 Å². The normalized spacial score (nSPS) is 21.0. The first kappa shape index (κ1) is 9.98. The molecule has 14 heavy (non-hydrogen) atoms. The summed E-state index contributed by atoms with van der Waals surface area (Å²) in [5.41, 5.74) is 5.66. The number of rotatable bonds is 2. The highest BCUT2D eigenvalue weighted by Gasteiger charge is 2.21. The van der Waals surface area contributed by atoms with Crippen LogP contribution in [-0.2, 0) is 0 Å². The summed E-state index contributed by atoms with van der Waals surface area (Å²) in [4.78, 5) is 4.32. The minimum absolute atomic E-state index is 0.158. The SMILES string of the molecule is C[C@H](N)c1nc(C2CCSCC2)no1.